The van der Waals surface area contributed by atoms with Crippen molar-refractivity contribution in [1.29, 1.82) is 0 Å². The van der Waals surface area contributed by atoms with Crippen LogP contribution >= 0.6 is 0 Å². The van der Waals surface area contributed by atoms with E-state index in [-0.39, 0.29) is 11.3 Å². The number of piperidine rings is 1. The Balaban J connectivity index is 1.57. The highest BCUT2D eigenvalue weighted by Gasteiger charge is 2.40. The summed E-state index contributed by atoms with van der Waals surface area (Å²) in [6, 6.07) is 8.10. The molecule has 4 nitrogen and oxygen atoms in total. The first-order valence-electron chi connectivity index (χ1n) is 6.99. The number of nitrogens with zero attached hydrogens (tertiary/aromatic N) is 1. The molecule has 1 aromatic rings. The van der Waals surface area contributed by atoms with Crippen molar-refractivity contribution in [3.63, 3.8) is 0 Å². The third kappa shape index (κ3) is 2.73. The standard InChI is InChI=1S/C15H21N3O/c16-13-3-1-2-12(8-13)10-18-6-4-15(5-7-18)9-14(19)17-11-15/h1-3,8H,4-7,9-11,16H2,(H,17,19). The summed E-state index contributed by atoms with van der Waals surface area (Å²) in [7, 11) is 0. The number of rotatable bonds is 2. The molecule has 3 N–H and O–H groups in total. The molecule has 1 aromatic carbocycles. The summed E-state index contributed by atoms with van der Waals surface area (Å²) in [5.41, 5.74) is 8.15. The van der Waals surface area contributed by atoms with E-state index in [0.29, 0.717) is 0 Å². The largest absolute Gasteiger partial charge is 0.399 e. The van der Waals surface area contributed by atoms with Crippen LogP contribution in [0.4, 0.5) is 5.69 Å². The van der Waals surface area contributed by atoms with Gasteiger partial charge in [0, 0.05) is 25.2 Å². The zero-order valence-electron chi connectivity index (χ0n) is 11.2. The fourth-order valence-electron chi connectivity index (χ4n) is 3.24. The molecule has 0 radical (unpaired) electrons. The third-order valence-electron chi connectivity index (χ3n) is 4.47. The van der Waals surface area contributed by atoms with Crippen molar-refractivity contribution in [2.24, 2.45) is 5.41 Å². The van der Waals surface area contributed by atoms with E-state index >= 15 is 0 Å². The van der Waals surface area contributed by atoms with Crippen LogP contribution in [0.2, 0.25) is 0 Å². The average Bonchev–Trinajstić information content (AvgIpc) is 2.74. The van der Waals surface area contributed by atoms with Gasteiger partial charge in [0.2, 0.25) is 5.91 Å². The predicted molar refractivity (Wildman–Crippen MR) is 75.4 cm³/mol. The molecule has 2 aliphatic rings. The molecule has 0 saturated carbocycles. The van der Waals surface area contributed by atoms with Gasteiger partial charge in [-0.1, -0.05) is 12.1 Å². The molecule has 0 unspecified atom stereocenters. The maximum atomic E-state index is 11.4. The molecule has 3 rings (SSSR count). The second-order valence-electron chi connectivity index (χ2n) is 5.97. The minimum Gasteiger partial charge on any atom is -0.399 e. The van der Waals surface area contributed by atoms with E-state index in [1.807, 2.05) is 18.2 Å². The zero-order valence-corrected chi connectivity index (χ0v) is 11.2. The summed E-state index contributed by atoms with van der Waals surface area (Å²) in [4.78, 5) is 13.8. The van der Waals surface area contributed by atoms with Crippen LogP contribution in [0.15, 0.2) is 24.3 Å². The van der Waals surface area contributed by atoms with Gasteiger partial charge in [-0.15, -0.1) is 0 Å². The minimum atomic E-state index is 0.226. The van der Waals surface area contributed by atoms with Crippen LogP contribution in [-0.2, 0) is 11.3 Å². The molecule has 4 heteroatoms. The lowest BCUT2D eigenvalue weighted by Crippen LogP contribution is -2.40. The second kappa shape index (κ2) is 4.85. The van der Waals surface area contributed by atoms with Gasteiger partial charge in [0.1, 0.15) is 0 Å². The number of nitrogens with one attached hydrogen (secondary N) is 1. The van der Waals surface area contributed by atoms with Gasteiger partial charge in [-0.3, -0.25) is 9.69 Å². The van der Waals surface area contributed by atoms with Crippen molar-refractivity contribution in [1.82, 2.24) is 10.2 Å². The van der Waals surface area contributed by atoms with Crippen LogP contribution in [0.5, 0.6) is 0 Å². The fraction of sp³-hybridized carbons (Fsp3) is 0.533. The molecule has 0 bridgehead atoms. The minimum absolute atomic E-state index is 0.226. The highest BCUT2D eigenvalue weighted by atomic mass is 16.1. The maximum Gasteiger partial charge on any atom is 0.220 e. The third-order valence-corrected chi connectivity index (χ3v) is 4.47. The normalized spacial score (nSPS) is 22.6. The Morgan fingerprint density at radius 3 is 2.74 bits per heavy atom. The summed E-state index contributed by atoms with van der Waals surface area (Å²) >= 11 is 0. The van der Waals surface area contributed by atoms with Crippen molar-refractivity contribution in [2.75, 3.05) is 25.4 Å². The zero-order chi connectivity index (χ0) is 13.3. The molecule has 19 heavy (non-hydrogen) atoms. The summed E-state index contributed by atoms with van der Waals surface area (Å²) < 4.78 is 0. The monoisotopic (exact) mass is 259 g/mol. The van der Waals surface area contributed by atoms with E-state index in [9.17, 15) is 4.79 Å². The van der Waals surface area contributed by atoms with Gasteiger partial charge >= 0.3 is 0 Å². The van der Waals surface area contributed by atoms with Crippen molar-refractivity contribution in [3.05, 3.63) is 29.8 Å². The molecule has 0 atom stereocenters. The number of anilines is 1. The lowest BCUT2D eigenvalue weighted by molar-refractivity contribution is -0.119. The van der Waals surface area contributed by atoms with Crippen LogP contribution in [0.1, 0.15) is 24.8 Å². The number of carbonyl (C=O) groups excluding carboxylic acids is 1. The van der Waals surface area contributed by atoms with E-state index in [1.165, 1.54) is 5.56 Å². The van der Waals surface area contributed by atoms with Gasteiger partial charge in [-0.05, 0) is 49.0 Å². The maximum absolute atomic E-state index is 11.4. The lowest BCUT2D eigenvalue weighted by Gasteiger charge is -2.38. The molecule has 102 valence electrons. The first kappa shape index (κ1) is 12.5. The van der Waals surface area contributed by atoms with Gasteiger partial charge in [0.15, 0.2) is 0 Å². The number of amides is 1. The molecule has 2 fully saturated rings. The van der Waals surface area contributed by atoms with E-state index in [1.54, 1.807) is 0 Å². The number of nitrogens with two attached hydrogens (primary N) is 1. The Kier molecular flexibility index (Phi) is 3.19. The van der Waals surface area contributed by atoms with E-state index in [2.05, 4.69) is 16.3 Å². The molecule has 1 amide bonds. The quantitative estimate of drug-likeness (QED) is 0.789. The molecule has 0 aromatic heterocycles. The van der Waals surface area contributed by atoms with Gasteiger partial charge in [0.25, 0.3) is 0 Å². The van der Waals surface area contributed by atoms with Crippen molar-refractivity contribution in [3.8, 4) is 0 Å². The molecule has 1 spiro atoms. The first-order valence-corrected chi connectivity index (χ1v) is 6.99. The van der Waals surface area contributed by atoms with E-state index in [0.717, 1.165) is 51.1 Å². The Hall–Kier alpha value is -1.55. The molecule has 0 aliphatic carbocycles. The number of likely N-dealkylation sites (tertiary alicyclic amines) is 1. The van der Waals surface area contributed by atoms with Crippen LogP contribution in [-0.4, -0.2) is 30.4 Å². The number of carbonyl (C=O) groups is 1. The van der Waals surface area contributed by atoms with Crippen LogP contribution in [0.25, 0.3) is 0 Å². The topological polar surface area (TPSA) is 58.4 Å². The SMILES string of the molecule is Nc1cccc(CN2CCC3(CC2)CNC(=O)C3)c1. The van der Waals surface area contributed by atoms with Crippen LogP contribution < -0.4 is 11.1 Å². The number of hydrogen-bond acceptors (Lipinski definition) is 3. The van der Waals surface area contributed by atoms with Gasteiger partial charge in [0.05, 0.1) is 0 Å². The highest BCUT2D eigenvalue weighted by molar-refractivity contribution is 5.79. The molecule has 2 aliphatic heterocycles. The van der Waals surface area contributed by atoms with Crippen molar-refractivity contribution in [2.45, 2.75) is 25.8 Å². The number of hydrogen-bond donors (Lipinski definition) is 2. The summed E-state index contributed by atoms with van der Waals surface area (Å²) in [6.45, 7) is 3.98. The Bertz CT molecular complexity index is 478. The second-order valence-corrected chi connectivity index (χ2v) is 5.97. The fourth-order valence-corrected chi connectivity index (χ4v) is 3.24. The van der Waals surface area contributed by atoms with Crippen LogP contribution in [0, 0.1) is 5.41 Å². The Labute approximate surface area is 114 Å². The highest BCUT2D eigenvalue weighted by Crippen LogP contribution is 2.37. The number of benzene rings is 1. The average molecular weight is 259 g/mol. The van der Waals surface area contributed by atoms with Gasteiger partial charge < -0.3 is 11.1 Å². The Morgan fingerprint density at radius 1 is 1.32 bits per heavy atom. The summed E-state index contributed by atoms with van der Waals surface area (Å²) in [5, 5.41) is 2.98. The molecule has 2 heterocycles. The van der Waals surface area contributed by atoms with E-state index < -0.39 is 0 Å². The molecule has 2 saturated heterocycles. The van der Waals surface area contributed by atoms with Gasteiger partial charge in [-0.2, -0.15) is 0 Å². The molecular weight excluding hydrogens is 238 g/mol. The smallest absolute Gasteiger partial charge is 0.220 e. The van der Waals surface area contributed by atoms with Crippen molar-refractivity contribution >= 4 is 11.6 Å². The molecular formula is C15H21N3O. The van der Waals surface area contributed by atoms with E-state index in [4.69, 9.17) is 5.73 Å². The van der Waals surface area contributed by atoms with Crippen LogP contribution in [0.3, 0.4) is 0 Å². The summed E-state index contributed by atoms with van der Waals surface area (Å²) in [6.07, 6.45) is 2.96. The number of nitrogen functional groups attached to an aromatic ring is 1. The first-order chi connectivity index (χ1) is 9.15. The Morgan fingerprint density at radius 2 is 2.11 bits per heavy atom. The predicted octanol–water partition coefficient (Wildman–Crippen LogP) is 1.37. The summed E-state index contributed by atoms with van der Waals surface area (Å²) in [5.74, 6) is 0.226. The van der Waals surface area contributed by atoms with Crippen molar-refractivity contribution < 1.29 is 4.79 Å². The van der Waals surface area contributed by atoms with Gasteiger partial charge in [-0.25, -0.2) is 0 Å². The lowest BCUT2D eigenvalue weighted by atomic mass is 9.77.